The summed E-state index contributed by atoms with van der Waals surface area (Å²) in [7, 11) is 1.75. The Morgan fingerprint density at radius 1 is 1.03 bits per heavy atom. The van der Waals surface area contributed by atoms with Gasteiger partial charge in [-0.1, -0.05) is 47.5 Å². The molecule has 0 bridgehead atoms. The minimum Gasteiger partial charge on any atom is -0.462 e. The lowest BCUT2D eigenvalue weighted by Gasteiger charge is -2.65. The second-order valence-electron chi connectivity index (χ2n) is 12.9. The van der Waals surface area contributed by atoms with Gasteiger partial charge in [0.15, 0.2) is 0 Å². The van der Waals surface area contributed by atoms with Gasteiger partial charge in [-0.05, 0) is 84.4 Å². The molecule has 1 aliphatic heterocycles. The molecule has 0 aromatic heterocycles. The Morgan fingerprint density at radius 3 is 2.50 bits per heavy atom. The highest BCUT2D eigenvalue weighted by Crippen LogP contribution is 2.70. The monoisotopic (exact) mass is 446 g/mol. The molecule has 0 amide bonds. The summed E-state index contributed by atoms with van der Waals surface area (Å²) in [5.74, 6) is 4.99. The minimum absolute atomic E-state index is 0.0214. The summed E-state index contributed by atoms with van der Waals surface area (Å²) in [6, 6.07) is 0. The second-order valence-corrected chi connectivity index (χ2v) is 12.9. The van der Waals surface area contributed by atoms with Crippen molar-refractivity contribution in [3.8, 4) is 0 Å². The van der Waals surface area contributed by atoms with Gasteiger partial charge in [0.2, 0.25) is 0 Å². The lowest BCUT2D eigenvalue weighted by atomic mass is 9.41. The van der Waals surface area contributed by atoms with Gasteiger partial charge >= 0.3 is 5.97 Å². The van der Waals surface area contributed by atoms with Crippen LogP contribution in [0.2, 0.25) is 0 Å². The third kappa shape index (κ3) is 3.25. The molecule has 5 aliphatic rings. The summed E-state index contributed by atoms with van der Waals surface area (Å²) < 4.78 is 18.2. The number of esters is 1. The smallest absolute Gasteiger partial charge is 0.306 e. The van der Waals surface area contributed by atoms with Gasteiger partial charge in [-0.3, -0.25) is 4.79 Å². The van der Waals surface area contributed by atoms with Crippen molar-refractivity contribution in [2.24, 2.45) is 58.2 Å². The zero-order valence-electron chi connectivity index (χ0n) is 21.3. The molecule has 182 valence electrons. The van der Waals surface area contributed by atoms with Crippen molar-refractivity contribution in [2.45, 2.75) is 98.2 Å². The Bertz CT molecular complexity index is 722. The molecule has 0 aromatic carbocycles. The number of methoxy groups -OCH3 is 1. The predicted octanol–water partition coefficient (Wildman–Crippen LogP) is 6.08. The summed E-state index contributed by atoms with van der Waals surface area (Å²) in [5.41, 5.74) is 0.673. The van der Waals surface area contributed by atoms with E-state index in [1.807, 2.05) is 0 Å². The van der Waals surface area contributed by atoms with Gasteiger partial charge in [0.1, 0.15) is 12.9 Å². The van der Waals surface area contributed by atoms with Gasteiger partial charge in [0.05, 0.1) is 6.10 Å². The van der Waals surface area contributed by atoms with Crippen LogP contribution in [0.3, 0.4) is 0 Å². The van der Waals surface area contributed by atoms with E-state index in [1.165, 1.54) is 38.5 Å². The van der Waals surface area contributed by atoms with Crippen molar-refractivity contribution in [3.05, 3.63) is 0 Å². The molecule has 1 saturated heterocycles. The summed E-state index contributed by atoms with van der Waals surface area (Å²) in [5, 5.41) is 0. The molecule has 5 rings (SSSR count). The lowest BCUT2D eigenvalue weighted by molar-refractivity contribution is -0.232. The van der Waals surface area contributed by atoms with E-state index < -0.39 is 0 Å². The number of hydrogen-bond acceptors (Lipinski definition) is 4. The van der Waals surface area contributed by atoms with Gasteiger partial charge in [0.25, 0.3) is 0 Å². The van der Waals surface area contributed by atoms with E-state index in [4.69, 9.17) is 14.2 Å². The molecule has 0 spiro atoms. The van der Waals surface area contributed by atoms with Gasteiger partial charge in [-0.25, -0.2) is 0 Å². The van der Waals surface area contributed by atoms with E-state index in [2.05, 4.69) is 34.6 Å². The number of rotatable bonds is 4. The summed E-state index contributed by atoms with van der Waals surface area (Å²) in [6.45, 7) is 12.7. The topological polar surface area (TPSA) is 44.8 Å². The highest BCUT2D eigenvalue weighted by atomic mass is 16.7. The maximum atomic E-state index is 12.3. The highest BCUT2D eigenvalue weighted by molar-refractivity contribution is 5.71. The third-order valence-electron chi connectivity index (χ3n) is 11.5. The Kier molecular flexibility index (Phi) is 5.97. The van der Waals surface area contributed by atoms with Gasteiger partial charge in [-0.2, -0.15) is 0 Å². The van der Waals surface area contributed by atoms with E-state index in [0.29, 0.717) is 54.1 Å². The van der Waals surface area contributed by atoms with Gasteiger partial charge in [-0.15, -0.1) is 0 Å². The van der Waals surface area contributed by atoms with Crippen LogP contribution < -0.4 is 0 Å². The number of hydrogen-bond donors (Lipinski definition) is 0. The average Bonchev–Trinajstić information content (AvgIpc) is 3.04. The first kappa shape index (κ1) is 23.1. The fraction of sp³-hybridized carbons (Fsp3) is 0.964. The highest BCUT2D eigenvalue weighted by Gasteiger charge is 2.68. The van der Waals surface area contributed by atoms with Crippen molar-refractivity contribution in [2.75, 3.05) is 13.9 Å². The maximum Gasteiger partial charge on any atom is 0.306 e. The largest absolute Gasteiger partial charge is 0.462 e. The fourth-order valence-corrected chi connectivity index (χ4v) is 10.3. The third-order valence-corrected chi connectivity index (χ3v) is 11.5. The van der Waals surface area contributed by atoms with Gasteiger partial charge in [0, 0.05) is 19.4 Å². The van der Waals surface area contributed by atoms with Crippen molar-refractivity contribution >= 4 is 5.97 Å². The summed E-state index contributed by atoms with van der Waals surface area (Å²) >= 11 is 0. The first-order valence-corrected chi connectivity index (χ1v) is 13.5. The van der Waals surface area contributed by atoms with E-state index in [0.717, 1.165) is 18.3 Å². The van der Waals surface area contributed by atoms with Crippen LogP contribution in [-0.2, 0) is 19.0 Å². The van der Waals surface area contributed by atoms with Crippen LogP contribution >= 0.6 is 0 Å². The molecule has 0 aromatic rings. The van der Waals surface area contributed by atoms with Crippen LogP contribution in [0.5, 0.6) is 0 Å². The maximum absolute atomic E-state index is 12.3. The lowest BCUT2D eigenvalue weighted by Crippen LogP contribution is -2.62. The molecule has 4 aliphatic carbocycles. The molecule has 4 heteroatoms. The standard InChI is InChI=1S/C28H46O4/c1-7-18-20-12-16(2)8-10-27(20,4)19-9-11-28(5)21(24(19)26(18)31-15-30-6)14-22-25(28)17(3)13-23(29)32-22/h16-22,24-26H,7-15H2,1-6H3/t16-,17-,18-,19?,20+,21?,22+,24?,25+,26?,27-,28+/m1/s1. The number of carbonyl (C=O) groups excluding carboxylic acids is 1. The average molecular weight is 447 g/mol. The predicted molar refractivity (Wildman–Crippen MR) is 125 cm³/mol. The van der Waals surface area contributed by atoms with Crippen molar-refractivity contribution in [3.63, 3.8) is 0 Å². The summed E-state index contributed by atoms with van der Waals surface area (Å²) in [6.07, 6.45) is 9.89. The van der Waals surface area contributed by atoms with E-state index in [-0.39, 0.29) is 23.6 Å². The van der Waals surface area contributed by atoms with Crippen LogP contribution in [0.1, 0.15) is 86.0 Å². The van der Waals surface area contributed by atoms with Crippen LogP contribution in [-0.4, -0.2) is 32.1 Å². The molecule has 5 fully saturated rings. The van der Waals surface area contributed by atoms with E-state index in [9.17, 15) is 4.79 Å². The molecule has 4 nitrogen and oxygen atoms in total. The van der Waals surface area contributed by atoms with Gasteiger partial charge < -0.3 is 14.2 Å². The molecule has 4 unspecified atom stereocenters. The first-order chi connectivity index (χ1) is 15.2. The SMILES string of the molecule is CC[C@H]1C(OCOC)C2C3C[C@@H]4OC(=O)C[C@@H](C)[C@@H]4[C@@]3(C)CCC2[C@@]2(C)CC[C@@H](C)C[C@@H]12. The van der Waals surface area contributed by atoms with Crippen molar-refractivity contribution in [1.29, 1.82) is 0 Å². The molecule has 0 radical (unpaired) electrons. The number of ether oxygens (including phenoxy) is 3. The number of carbonyl (C=O) groups is 1. The van der Waals surface area contributed by atoms with Crippen LogP contribution in [0.4, 0.5) is 0 Å². The van der Waals surface area contributed by atoms with E-state index >= 15 is 0 Å². The van der Waals surface area contributed by atoms with Crippen LogP contribution in [0, 0.1) is 58.2 Å². The normalized spacial score (nSPS) is 54.8. The Balaban J connectivity index is 1.55. The molecule has 12 atom stereocenters. The molecule has 4 saturated carbocycles. The minimum atomic E-state index is 0.0214. The molecular weight excluding hydrogens is 400 g/mol. The fourth-order valence-electron chi connectivity index (χ4n) is 10.3. The summed E-state index contributed by atoms with van der Waals surface area (Å²) in [4.78, 5) is 12.3. The Labute approximate surface area is 195 Å². The van der Waals surface area contributed by atoms with Crippen LogP contribution in [0.25, 0.3) is 0 Å². The number of fused-ring (bicyclic) bond motifs is 7. The van der Waals surface area contributed by atoms with Crippen molar-refractivity contribution in [1.82, 2.24) is 0 Å². The molecule has 0 N–H and O–H groups in total. The first-order valence-electron chi connectivity index (χ1n) is 13.5. The zero-order valence-corrected chi connectivity index (χ0v) is 21.3. The Morgan fingerprint density at radius 2 is 1.78 bits per heavy atom. The van der Waals surface area contributed by atoms with Crippen LogP contribution in [0.15, 0.2) is 0 Å². The zero-order chi connectivity index (χ0) is 22.8. The Hall–Kier alpha value is -0.610. The van der Waals surface area contributed by atoms with Crippen molar-refractivity contribution < 1.29 is 19.0 Å². The van der Waals surface area contributed by atoms with E-state index in [1.54, 1.807) is 7.11 Å². The molecule has 1 heterocycles. The molecular formula is C28H46O4. The second kappa shape index (κ2) is 8.26. The quantitative estimate of drug-likeness (QED) is 0.388. The molecule has 32 heavy (non-hydrogen) atoms.